The molecule has 0 amide bonds. The number of benzene rings is 1. The molecule has 1 heterocycles. The summed E-state index contributed by atoms with van der Waals surface area (Å²) in [6.45, 7) is 0. The molecule has 2 rings (SSSR count). The lowest BCUT2D eigenvalue weighted by Crippen LogP contribution is -2.36. The van der Waals surface area contributed by atoms with Gasteiger partial charge in [-0.1, -0.05) is 17.3 Å². The van der Waals surface area contributed by atoms with Crippen molar-refractivity contribution in [2.24, 2.45) is 0 Å². The van der Waals surface area contributed by atoms with Crippen LogP contribution in [0.3, 0.4) is 0 Å². The molecule has 0 aliphatic rings. The molecule has 80 valence electrons. The highest BCUT2D eigenvalue weighted by Gasteiger charge is 2.19. The number of nitrogens with zero attached hydrogens (tertiary/aromatic N) is 2. The molecule has 0 bridgehead atoms. The highest BCUT2D eigenvalue weighted by Crippen LogP contribution is 2.09. The summed E-state index contributed by atoms with van der Waals surface area (Å²) >= 11 is 0. The second-order valence-electron chi connectivity index (χ2n) is 3.23. The normalized spacial score (nSPS) is 11.4. The maximum absolute atomic E-state index is 11.5. The number of hydrogen-bond acceptors (Lipinski definition) is 3. The average Bonchev–Trinajstić information content (AvgIpc) is 2.60. The number of nitrogens with one attached hydrogen (secondary N) is 3. The summed E-state index contributed by atoms with van der Waals surface area (Å²) in [5, 5.41) is 8.79. The molecule has 0 unspecified atom stereocenters. The second kappa shape index (κ2) is 3.84. The van der Waals surface area contributed by atoms with Crippen LogP contribution in [0.25, 0.3) is 11.0 Å². The molecule has 6 heteroatoms. The smallest absolute Gasteiger partial charge is 0.249 e. The predicted octanol–water partition coefficient (Wildman–Crippen LogP) is -0.221. The fourth-order valence-corrected chi connectivity index (χ4v) is 1.64. The maximum Gasteiger partial charge on any atom is 0.249 e. The first-order valence-corrected chi connectivity index (χ1v) is 4.74. The van der Waals surface area contributed by atoms with Crippen LogP contribution < -0.4 is 15.2 Å². The Bertz CT molecular complexity index is 510. The molecule has 3 N–H and O–H groups in total. The van der Waals surface area contributed by atoms with Crippen LogP contribution in [0.1, 0.15) is 6.29 Å². The van der Waals surface area contributed by atoms with Crippen LogP contribution >= 0.6 is 0 Å². The molecule has 6 nitrogen and oxygen atoms in total. The van der Waals surface area contributed by atoms with Gasteiger partial charge in [-0.3, -0.25) is 10.6 Å². The lowest BCUT2D eigenvalue weighted by molar-refractivity contribution is -0.541. The van der Waals surface area contributed by atoms with Gasteiger partial charge in [0.05, 0.1) is 4.54 Å². The molecule has 0 aliphatic heterocycles. The van der Waals surface area contributed by atoms with Crippen molar-refractivity contribution >= 4 is 11.0 Å². The quantitative estimate of drug-likeness (QED) is 0.482. The Labute approximate surface area is 86.5 Å². The van der Waals surface area contributed by atoms with E-state index in [1.807, 2.05) is 32.3 Å². The fourth-order valence-electron chi connectivity index (χ4n) is 1.64. The van der Waals surface area contributed by atoms with Crippen molar-refractivity contribution in [1.29, 1.82) is 0 Å². The van der Waals surface area contributed by atoms with Crippen molar-refractivity contribution in [3.05, 3.63) is 29.2 Å². The van der Waals surface area contributed by atoms with Crippen LogP contribution in [0.15, 0.2) is 24.3 Å². The predicted molar refractivity (Wildman–Crippen MR) is 56.8 cm³/mol. The number of hydrogen-bond donors (Lipinski definition) is 3. The topological polar surface area (TPSA) is 67.8 Å². The van der Waals surface area contributed by atoms with Gasteiger partial charge in [-0.25, -0.2) is 0 Å². The van der Waals surface area contributed by atoms with E-state index >= 15 is 0 Å². The Kier molecular flexibility index (Phi) is 2.53. The third kappa shape index (κ3) is 1.53. The molecule has 0 spiro atoms. The molecule has 2 aromatic rings. The van der Waals surface area contributed by atoms with Gasteiger partial charge in [-0.2, -0.15) is 0 Å². The van der Waals surface area contributed by atoms with Gasteiger partial charge >= 0.3 is 0 Å². The lowest BCUT2D eigenvalue weighted by Gasteiger charge is -2.09. The van der Waals surface area contributed by atoms with Crippen LogP contribution in [0.2, 0.25) is 0 Å². The van der Waals surface area contributed by atoms with Crippen LogP contribution in [-0.2, 0) is 0 Å². The number of rotatable bonds is 3. The van der Waals surface area contributed by atoms with Crippen molar-refractivity contribution in [2.75, 3.05) is 14.1 Å². The number of aromatic nitrogens is 3. The summed E-state index contributed by atoms with van der Waals surface area (Å²) in [5.41, 5.74) is 1.47. The SMILES string of the molecule is CNC(NC)n1[nH][n+](=O)c2ccccc21. The van der Waals surface area contributed by atoms with Crippen LogP contribution in [0.5, 0.6) is 0 Å². The van der Waals surface area contributed by atoms with Crippen LogP contribution in [0.4, 0.5) is 0 Å². The van der Waals surface area contributed by atoms with Gasteiger partial charge in [-0.15, -0.1) is 4.68 Å². The third-order valence-corrected chi connectivity index (χ3v) is 2.36. The van der Waals surface area contributed by atoms with Crippen molar-refractivity contribution in [3.8, 4) is 0 Å². The van der Waals surface area contributed by atoms with Gasteiger partial charge < -0.3 is 0 Å². The zero-order chi connectivity index (χ0) is 10.8. The first-order chi connectivity index (χ1) is 7.27. The fraction of sp³-hybridized carbons (Fsp3) is 0.333. The minimum absolute atomic E-state index is 0.134. The van der Waals surface area contributed by atoms with E-state index in [0.717, 1.165) is 10.1 Å². The van der Waals surface area contributed by atoms with E-state index in [9.17, 15) is 4.91 Å². The zero-order valence-electron chi connectivity index (χ0n) is 8.69. The molecule has 0 aliphatic carbocycles. The molecule has 0 saturated carbocycles. The standard InChI is InChI=1S/C9H14N5O/c1-10-9(11-2)13-7-5-3-4-6-8(7)14(15)12-13/h3-6,9-11H,1-2H3,(H,12,15)/q+1. The maximum atomic E-state index is 11.5. The molecule has 1 aromatic carbocycles. The van der Waals surface area contributed by atoms with Gasteiger partial charge in [0, 0.05) is 0 Å². The molecular formula is C9H14N5O+. The first-order valence-electron chi connectivity index (χ1n) is 4.74. The minimum Gasteiger partial charge on any atom is -0.267 e. The van der Waals surface area contributed by atoms with Crippen molar-refractivity contribution in [1.82, 2.24) is 20.5 Å². The van der Waals surface area contributed by atoms with E-state index in [0.29, 0.717) is 5.52 Å². The summed E-state index contributed by atoms with van der Waals surface area (Å²) in [6, 6.07) is 7.40. The second-order valence-corrected chi connectivity index (χ2v) is 3.23. The first kappa shape index (κ1) is 9.88. The monoisotopic (exact) mass is 208 g/mol. The van der Waals surface area contributed by atoms with Gasteiger partial charge in [0.15, 0.2) is 0 Å². The Morgan fingerprint density at radius 3 is 2.67 bits per heavy atom. The number of para-hydroxylation sites is 2. The van der Waals surface area contributed by atoms with Crippen molar-refractivity contribution < 1.29 is 4.54 Å². The van der Waals surface area contributed by atoms with Crippen molar-refractivity contribution in [2.45, 2.75) is 6.29 Å². The summed E-state index contributed by atoms with van der Waals surface area (Å²) in [4.78, 5) is 11.5. The highest BCUT2D eigenvalue weighted by molar-refractivity contribution is 5.70. The Balaban J connectivity index is 2.66. The third-order valence-electron chi connectivity index (χ3n) is 2.36. The molecule has 0 saturated heterocycles. The lowest BCUT2D eigenvalue weighted by atomic mass is 10.3. The van der Waals surface area contributed by atoms with E-state index < -0.39 is 0 Å². The van der Waals surface area contributed by atoms with E-state index in [4.69, 9.17) is 0 Å². The molecule has 15 heavy (non-hydrogen) atoms. The van der Waals surface area contributed by atoms with E-state index in [1.54, 1.807) is 10.7 Å². The molecule has 0 atom stereocenters. The summed E-state index contributed by atoms with van der Waals surface area (Å²) < 4.78 is 2.49. The van der Waals surface area contributed by atoms with Crippen LogP contribution in [0, 0.1) is 4.91 Å². The van der Waals surface area contributed by atoms with Gasteiger partial charge in [0.1, 0.15) is 0 Å². The van der Waals surface area contributed by atoms with Crippen LogP contribution in [-0.4, -0.2) is 24.0 Å². The summed E-state index contributed by atoms with van der Waals surface area (Å²) in [5.74, 6) is 0. The van der Waals surface area contributed by atoms with Gasteiger partial charge in [0.25, 0.3) is 0 Å². The number of aromatic amines is 1. The van der Waals surface area contributed by atoms with Crippen molar-refractivity contribution in [3.63, 3.8) is 0 Å². The Morgan fingerprint density at radius 2 is 2.00 bits per heavy atom. The Morgan fingerprint density at radius 1 is 1.33 bits per heavy atom. The average molecular weight is 208 g/mol. The van der Waals surface area contributed by atoms with E-state index in [-0.39, 0.29) is 6.29 Å². The zero-order valence-corrected chi connectivity index (χ0v) is 8.69. The molecule has 1 aromatic heterocycles. The number of H-pyrrole nitrogens is 1. The number of fused-ring (bicyclic) bond motifs is 1. The molecule has 0 radical (unpaired) electrons. The van der Waals surface area contributed by atoms with Gasteiger partial charge in [-0.05, 0) is 31.1 Å². The summed E-state index contributed by atoms with van der Waals surface area (Å²) in [7, 11) is 3.64. The largest absolute Gasteiger partial charge is 0.267 e. The van der Waals surface area contributed by atoms with E-state index in [1.165, 1.54) is 0 Å². The Hall–Kier alpha value is -1.66. The van der Waals surface area contributed by atoms with E-state index in [2.05, 4.69) is 15.8 Å². The highest BCUT2D eigenvalue weighted by atomic mass is 16.3. The molecule has 0 fully saturated rings. The van der Waals surface area contributed by atoms with Gasteiger partial charge in [0.2, 0.25) is 17.3 Å². The summed E-state index contributed by atoms with van der Waals surface area (Å²) in [6.07, 6.45) is -0.134. The minimum atomic E-state index is -0.134. The molecular weight excluding hydrogens is 194 g/mol.